The van der Waals surface area contributed by atoms with Gasteiger partial charge in [0.05, 0.1) is 18.7 Å². The molecule has 26 heavy (non-hydrogen) atoms. The second-order valence-electron chi connectivity index (χ2n) is 6.14. The van der Waals surface area contributed by atoms with Crippen molar-refractivity contribution in [1.82, 2.24) is 4.90 Å². The highest BCUT2D eigenvalue weighted by Gasteiger charge is 2.19. The number of rotatable bonds is 5. The van der Waals surface area contributed by atoms with Crippen LogP contribution in [0.1, 0.15) is 0 Å². The first kappa shape index (κ1) is 18.8. The summed E-state index contributed by atoms with van der Waals surface area (Å²) in [5, 5.41) is 4.09. The van der Waals surface area contributed by atoms with E-state index in [9.17, 15) is 4.79 Å². The maximum Gasteiger partial charge on any atom is 0.238 e. The normalized spacial score (nSPS) is 15.0. The number of nitrogens with zero attached hydrogens (tertiary/aromatic N) is 2. The SMILES string of the molecule is COc1ccc(NC(=O)CN2CCN(c3cccc(Cl)c3)CC2)cc1Cl. The topological polar surface area (TPSA) is 44.8 Å². The second-order valence-corrected chi connectivity index (χ2v) is 6.98. The van der Waals surface area contributed by atoms with Crippen LogP contribution in [0.3, 0.4) is 0 Å². The van der Waals surface area contributed by atoms with Crippen LogP contribution < -0.4 is 15.0 Å². The van der Waals surface area contributed by atoms with Crippen molar-refractivity contribution in [2.24, 2.45) is 0 Å². The highest BCUT2D eigenvalue weighted by molar-refractivity contribution is 6.32. The molecule has 3 rings (SSSR count). The fourth-order valence-electron chi connectivity index (χ4n) is 2.98. The first-order chi connectivity index (χ1) is 12.5. The van der Waals surface area contributed by atoms with E-state index in [0.717, 1.165) is 36.9 Å². The molecule has 1 fully saturated rings. The molecule has 5 nitrogen and oxygen atoms in total. The minimum Gasteiger partial charge on any atom is -0.495 e. The van der Waals surface area contributed by atoms with Gasteiger partial charge < -0.3 is 15.0 Å². The van der Waals surface area contributed by atoms with Gasteiger partial charge in [-0.15, -0.1) is 0 Å². The lowest BCUT2D eigenvalue weighted by atomic mass is 10.2. The van der Waals surface area contributed by atoms with E-state index in [1.807, 2.05) is 18.2 Å². The highest BCUT2D eigenvalue weighted by Crippen LogP contribution is 2.27. The Kier molecular flexibility index (Phi) is 6.25. The molecule has 1 aliphatic heterocycles. The minimum absolute atomic E-state index is 0.0533. The lowest BCUT2D eigenvalue weighted by Crippen LogP contribution is -2.48. The Morgan fingerprint density at radius 2 is 1.88 bits per heavy atom. The molecule has 2 aromatic rings. The monoisotopic (exact) mass is 393 g/mol. The summed E-state index contributed by atoms with van der Waals surface area (Å²) in [5.74, 6) is 0.532. The van der Waals surface area contributed by atoms with Crippen LogP contribution in [0.15, 0.2) is 42.5 Å². The molecule has 0 atom stereocenters. The van der Waals surface area contributed by atoms with Crippen molar-refractivity contribution < 1.29 is 9.53 Å². The van der Waals surface area contributed by atoms with Crippen molar-refractivity contribution in [3.05, 3.63) is 52.5 Å². The number of halogens is 2. The molecule has 1 aliphatic rings. The first-order valence-electron chi connectivity index (χ1n) is 8.41. The Labute approximate surface area is 163 Å². The number of hydrogen-bond donors (Lipinski definition) is 1. The standard InChI is InChI=1S/C19H21Cl2N3O2/c1-26-18-6-5-15(12-17(18)21)22-19(25)13-23-7-9-24(10-8-23)16-4-2-3-14(20)11-16/h2-6,11-12H,7-10,13H2,1H3,(H,22,25). The summed E-state index contributed by atoms with van der Waals surface area (Å²) in [5.41, 5.74) is 1.79. The van der Waals surface area contributed by atoms with Crippen molar-refractivity contribution in [3.63, 3.8) is 0 Å². The molecule has 1 heterocycles. The smallest absolute Gasteiger partial charge is 0.238 e. The van der Waals surface area contributed by atoms with Gasteiger partial charge in [0.15, 0.2) is 0 Å². The van der Waals surface area contributed by atoms with Gasteiger partial charge in [0.25, 0.3) is 0 Å². The molecular formula is C19H21Cl2N3O2. The molecular weight excluding hydrogens is 373 g/mol. The third kappa shape index (κ3) is 4.81. The van der Waals surface area contributed by atoms with Gasteiger partial charge >= 0.3 is 0 Å². The Bertz CT molecular complexity index is 777. The van der Waals surface area contributed by atoms with E-state index in [1.165, 1.54) is 0 Å². The van der Waals surface area contributed by atoms with Gasteiger partial charge in [-0.05, 0) is 36.4 Å². The molecule has 1 saturated heterocycles. The van der Waals surface area contributed by atoms with Crippen LogP contribution in [0, 0.1) is 0 Å². The molecule has 1 amide bonds. The molecule has 138 valence electrons. The number of piperazine rings is 1. The summed E-state index contributed by atoms with van der Waals surface area (Å²) in [6.45, 7) is 3.73. The lowest BCUT2D eigenvalue weighted by molar-refractivity contribution is -0.117. The molecule has 0 aromatic heterocycles. The fourth-order valence-corrected chi connectivity index (χ4v) is 3.43. The third-order valence-corrected chi connectivity index (χ3v) is 4.88. The van der Waals surface area contributed by atoms with Crippen LogP contribution in [0.5, 0.6) is 5.75 Å². The van der Waals surface area contributed by atoms with Crippen LogP contribution >= 0.6 is 23.2 Å². The van der Waals surface area contributed by atoms with Gasteiger partial charge in [0.2, 0.25) is 5.91 Å². The van der Waals surface area contributed by atoms with E-state index in [0.29, 0.717) is 23.0 Å². The molecule has 1 N–H and O–H groups in total. The first-order valence-corrected chi connectivity index (χ1v) is 9.17. The maximum absolute atomic E-state index is 12.3. The quantitative estimate of drug-likeness (QED) is 0.839. The number of methoxy groups -OCH3 is 1. The zero-order chi connectivity index (χ0) is 18.5. The minimum atomic E-state index is -0.0533. The average Bonchev–Trinajstić information content (AvgIpc) is 2.62. The average molecular weight is 394 g/mol. The summed E-state index contributed by atoms with van der Waals surface area (Å²) in [6.07, 6.45) is 0. The zero-order valence-electron chi connectivity index (χ0n) is 14.5. The number of ether oxygens (including phenoxy) is 1. The molecule has 2 aromatic carbocycles. The van der Waals surface area contributed by atoms with Crippen molar-refractivity contribution in [1.29, 1.82) is 0 Å². The Hall–Kier alpha value is -1.95. The van der Waals surface area contributed by atoms with Crippen LogP contribution in [-0.4, -0.2) is 50.6 Å². The summed E-state index contributed by atoms with van der Waals surface area (Å²) < 4.78 is 5.11. The van der Waals surface area contributed by atoms with Crippen molar-refractivity contribution in [2.45, 2.75) is 0 Å². The lowest BCUT2D eigenvalue weighted by Gasteiger charge is -2.35. The van der Waals surface area contributed by atoms with Crippen molar-refractivity contribution >= 4 is 40.5 Å². The van der Waals surface area contributed by atoms with Crippen molar-refractivity contribution in [2.75, 3.05) is 50.1 Å². The van der Waals surface area contributed by atoms with E-state index >= 15 is 0 Å². The van der Waals surface area contributed by atoms with Crippen molar-refractivity contribution in [3.8, 4) is 5.75 Å². The highest BCUT2D eigenvalue weighted by atomic mass is 35.5. The Morgan fingerprint density at radius 3 is 2.54 bits per heavy atom. The van der Waals surface area contributed by atoms with E-state index < -0.39 is 0 Å². The van der Waals surface area contributed by atoms with E-state index in [4.69, 9.17) is 27.9 Å². The number of carbonyl (C=O) groups excluding carboxylic acids is 1. The number of carbonyl (C=O) groups is 1. The number of hydrogen-bond acceptors (Lipinski definition) is 4. The Morgan fingerprint density at radius 1 is 1.12 bits per heavy atom. The fraction of sp³-hybridized carbons (Fsp3) is 0.316. The molecule has 0 aliphatic carbocycles. The molecule has 0 bridgehead atoms. The zero-order valence-corrected chi connectivity index (χ0v) is 16.1. The molecule has 0 radical (unpaired) electrons. The number of amides is 1. The van der Waals surface area contributed by atoms with Gasteiger partial charge in [-0.2, -0.15) is 0 Å². The molecule has 0 spiro atoms. The van der Waals surface area contributed by atoms with Gasteiger partial charge in [-0.25, -0.2) is 0 Å². The third-order valence-electron chi connectivity index (χ3n) is 4.35. The molecule has 0 saturated carbocycles. The summed E-state index contributed by atoms with van der Waals surface area (Å²) in [7, 11) is 1.56. The summed E-state index contributed by atoms with van der Waals surface area (Å²) >= 11 is 12.2. The number of benzene rings is 2. The molecule has 7 heteroatoms. The largest absolute Gasteiger partial charge is 0.495 e. The van der Waals surface area contributed by atoms with Crippen LogP contribution in [0.25, 0.3) is 0 Å². The Balaban J connectivity index is 1.49. The number of nitrogens with one attached hydrogen (secondary N) is 1. The van der Waals surface area contributed by atoms with Gasteiger partial charge in [0.1, 0.15) is 5.75 Å². The van der Waals surface area contributed by atoms with Crippen LogP contribution in [0.4, 0.5) is 11.4 Å². The van der Waals surface area contributed by atoms with E-state index in [1.54, 1.807) is 25.3 Å². The second kappa shape index (κ2) is 8.62. The number of anilines is 2. The van der Waals surface area contributed by atoms with Crippen LogP contribution in [0.2, 0.25) is 10.0 Å². The predicted molar refractivity (Wildman–Crippen MR) is 107 cm³/mol. The van der Waals surface area contributed by atoms with E-state index in [2.05, 4.69) is 21.2 Å². The van der Waals surface area contributed by atoms with Crippen LogP contribution in [-0.2, 0) is 4.79 Å². The predicted octanol–water partition coefficient (Wildman–Crippen LogP) is 3.76. The van der Waals surface area contributed by atoms with E-state index in [-0.39, 0.29) is 5.91 Å². The maximum atomic E-state index is 12.3. The molecule has 0 unspecified atom stereocenters. The van der Waals surface area contributed by atoms with Gasteiger partial charge in [-0.3, -0.25) is 9.69 Å². The van der Waals surface area contributed by atoms with Gasteiger partial charge in [-0.1, -0.05) is 29.3 Å². The summed E-state index contributed by atoms with van der Waals surface area (Å²) in [4.78, 5) is 16.7. The summed E-state index contributed by atoms with van der Waals surface area (Å²) in [6, 6.07) is 13.1. The van der Waals surface area contributed by atoms with Gasteiger partial charge in [0, 0.05) is 42.6 Å².